The number of hydrogen-bond donors (Lipinski definition) is 0. The molecule has 0 heterocycles. The summed E-state index contributed by atoms with van der Waals surface area (Å²) in [6, 6.07) is 1.82. The van der Waals surface area contributed by atoms with Crippen molar-refractivity contribution >= 4 is 5.97 Å². The van der Waals surface area contributed by atoms with Crippen molar-refractivity contribution in [2.24, 2.45) is 0 Å². The third kappa shape index (κ3) is 1.58. The molecule has 0 fully saturated rings. The standard InChI is InChI=1S/C11H14O3/c1-6-5-7(2)9(11(12)13)10(14-4)8(6)3/h5H,1-4H3,(H,12,13)/p-1. The van der Waals surface area contributed by atoms with Gasteiger partial charge in [-0.15, -0.1) is 0 Å². The average molecular weight is 193 g/mol. The maximum atomic E-state index is 10.9. The fourth-order valence-electron chi connectivity index (χ4n) is 1.56. The number of ether oxygens (including phenoxy) is 1. The van der Waals surface area contributed by atoms with E-state index in [1.54, 1.807) is 6.92 Å². The highest BCUT2D eigenvalue weighted by Crippen LogP contribution is 2.28. The van der Waals surface area contributed by atoms with Crippen LogP contribution in [0.1, 0.15) is 27.0 Å². The van der Waals surface area contributed by atoms with Gasteiger partial charge in [-0.2, -0.15) is 0 Å². The van der Waals surface area contributed by atoms with E-state index in [4.69, 9.17) is 4.74 Å². The molecule has 0 bridgehead atoms. The topological polar surface area (TPSA) is 49.4 Å². The second-order valence-corrected chi connectivity index (χ2v) is 3.33. The summed E-state index contributed by atoms with van der Waals surface area (Å²) >= 11 is 0. The quantitative estimate of drug-likeness (QED) is 0.703. The van der Waals surface area contributed by atoms with Crippen LogP contribution in [0.4, 0.5) is 0 Å². The van der Waals surface area contributed by atoms with E-state index in [-0.39, 0.29) is 5.56 Å². The zero-order valence-corrected chi connectivity index (χ0v) is 8.80. The SMILES string of the molecule is COc1c(C)c(C)cc(C)c1C(=O)[O-]. The first-order valence-electron chi connectivity index (χ1n) is 4.35. The number of hydrogen-bond acceptors (Lipinski definition) is 3. The first-order chi connectivity index (χ1) is 6.49. The molecular weight excluding hydrogens is 180 g/mol. The maximum Gasteiger partial charge on any atom is 0.131 e. The molecular formula is C11H13O3-. The molecule has 3 heteroatoms. The molecule has 76 valence electrons. The lowest BCUT2D eigenvalue weighted by Gasteiger charge is -2.16. The number of methoxy groups -OCH3 is 1. The van der Waals surface area contributed by atoms with E-state index in [0.717, 1.165) is 11.1 Å². The Hall–Kier alpha value is -1.51. The Kier molecular flexibility index (Phi) is 2.79. The van der Waals surface area contributed by atoms with Crippen LogP contribution < -0.4 is 9.84 Å². The van der Waals surface area contributed by atoms with E-state index < -0.39 is 5.97 Å². The number of carbonyl (C=O) groups is 1. The summed E-state index contributed by atoms with van der Waals surface area (Å²) in [5.41, 5.74) is 2.68. The fourth-order valence-corrected chi connectivity index (χ4v) is 1.56. The predicted molar refractivity (Wildman–Crippen MR) is 51.5 cm³/mol. The largest absolute Gasteiger partial charge is 0.545 e. The predicted octanol–water partition coefficient (Wildman–Crippen LogP) is 0.984. The van der Waals surface area contributed by atoms with Gasteiger partial charge in [0.2, 0.25) is 0 Å². The Balaban J connectivity index is 3.55. The van der Waals surface area contributed by atoms with Gasteiger partial charge < -0.3 is 14.6 Å². The van der Waals surface area contributed by atoms with Crippen LogP contribution in [0, 0.1) is 20.8 Å². The van der Waals surface area contributed by atoms with Crippen molar-refractivity contribution in [1.29, 1.82) is 0 Å². The van der Waals surface area contributed by atoms with Crippen LogP contribution in [-0.4, -0.2) is 13.1 Å². The summed E-state index contributed by atoms with van der Waals surface area (Å²) in [5.74, 6) is -0.787. The highest BCUT2D eigenvalue weighted by Gasteiger charge is 2.12. The van der Waals surface area contributed by atoms with Gasteiger partial charge in [0.05, 0.1) is 13.1 Å². The number of aryl methyl sites for hydroxylation is 2. The Morgan fingerprint density at radius 3 is 2.29 bits per heavy atom. The van der Waals surface area contributed by atoms with Crippen molar-refractivity contribution in [2.45, 2.75) is 20.8 Å². The third-order valence-electron chi connectivity index (χ3n) is 2.39. The van der Waals surface area contributed by atoms with Crippen molar-refractivity contribution in [3.05, 3.63) is 28.3 Å². The van der Waals surface area contributed by atoms with Crippen LogP contribution in [0.3, 0.4) is 0 Å². The smallest absolute Gasteiger partial charge is 0.131 e. The third-order valence-corrected chi connectivity index (χ3v) is 2.39. The molecule has 14 heavy (non-hydrogen) atoms. The van der Waals surface area contributed by atoms with Crippen LogP contribution >= 0.6 is 0 Å². The van der Waals surface area contributed by atoms with Gasteiger partial charge in [0, 0.05) is 5.56 Å². The number of aromatic carboxylic acids is 1. The highest BCUT2D eigenvalue weighted by atomic mass is 16.5. The molecule has 0 aliphatic carbocycles. The summed E-state index contributed by atoms with van der Waals surface area (Å²) in [4.78, 5) is 10.9. The molecule has 0 spiro atoms. The van der Waals surface area contributed by atoms with Crippen molar-refractivity contribution in [3.63, 3.8) is 0 Å². The zero-order chi connectivity index (χ0) is 10.9. The first-order valence-corrected chi connectivity index (χ1v) is 4.35. The molecule has 0 atom stereocenters. The zero-order valence-electron chi connectivity index (χ0n) is 8.80. The van der Waals surface area contributed by atoms with E-state index in [1.165, 1.54) is 7.11 Å². The number of carboxylic acid groups (broad SMARTS) is 1. The normalized spacial score (nSPS) is 10.0. The molecule has 0 unspecified atom stereocenters. The number of benzene rings is 1. The van der Waals surface area contributed by atoms with Crippen molar-refractivity contribution in [2.75, 3.05) is 7.11 Å². The lowest BCUT2D eigenvalue weighted by Crippen LogP contribution is -2.24. The van der Waals surface area contributed by atoms with Gasteiger partial charge in [-0.1, -0.05) is 6.07 Å². The molecule has 1 aromatic carbocycles. The molecule has 0 N–H and O–H groups in total. The van der Waals surface area contributed by atoms with E-state index >= 15 is 0 Å². The molecule has 1 aromatic rings. The minimum absolute atomic E-state index is 0.149. The lowest BCUT2D eigenvalue weighted by atomic mass is 9.99. The summed E-state index contributed by atoms with van der Waals surface area (Å²) in [7, 11) is 1.47. The molecule has 0 aromatic heterocycles. The molecule has 0 saturated heterocycles. The van der Waals surface area contributed by atoms with Gasteiger partial charge in [-0.3, -0.25) is 0 Å². The van der Waals surface area contributed by atoms with E-state index in [9.17, 15) is 9.90 Å². The van der Waals surface area contributed by atoms with E-state index in [2.05, 4.69) is 0 Å². The Morgan fingerprint density at radius 2 is 1.86 bits per heavy atom. The number of carboxylic acids is 1. The number of carbonyl (C=O) groups excluding carboxylic acids is 1. The molecule has 0 radical (unpaired) electrons. The van der Waals surface area contributed by atoms with Crippen LogP contribution in [-0.2, 0) is 0 Å². The maximum absolute atomic E-state index is 10.9. The molecule has 0 aliphatic rings. The molecule has 0 aliphatic heterocycles. The van der Waals surface area contributed by atoms with Gasteiger partial charge in [0.1, 0.15) is 5.75 Å². The van der Waals surface area contributed by atoms with Gasteiger partial charge in [0.25, 0.3) is 0 Å². The minimum Gasteiger partial charge on any atom is -0.545 e. The molecule has 3 nitrogen and oxygen atoms in total. The Morgan fingerprint density at radius 1 is 1.29 bits per heavy atom. The molecule has 1 rings (SSSR count). The van der Waals surface area contributed by atoms with Crippen molar-refractivity contribution < 1.29 is 14.6 Å². The number of rotatable bonds is 2. The lowest BCUT2D eigenvalue weighted by molar-refractivity contribution is -0.255. The van der Waals surface area contributed by atoms with Crippen molar-refractivity contribution in [1.82, 2.24) is 0 Å². The second kappa shape index (κ2) is 3.70. The average Bonchev–Trinajstić information content (AvgIpc) is 2.09. The second-order valence-electron chi connectivity index (χ2n) is 3.33. The Bertz CT molecular complexity index is 381. The summed E-state index contributed by atoms with van der Waals surface area (Å²) in [6.45, 7) is 5.49. The van der Waals surface area contributed by atoms with E-state index in [0.29, 0.717) is 11.3 Å². The van der Waals surface area contributed by atoms with Gasteiger partial charge in [-0.05, 0) is 37.5 Å². The van der Waals surface area contributed by atoms with Gasteiger partial charge >= 0.3 is 0 Å². The van der Waals surface area contributed by atoms with Crippen molar-refractivity contribution in [3.8, 4) is 5.75 Å². The van der Waals surface area contributed by atoms with Crippen LogP contribution in [0.25, 0.3) is 0 Å². The van der Waals surface area contributed by atoms with E-state index in [1.807, 2.05) is 19.9 Å². The minimum atomic E-state index is -1.19. The Labute approximate surface area is 83.3 Å². The highest BCUT2D eigenvalue weighted by molar-refractivity contribution is 5.91. The van der Waals surface area contributed by atoms with Crippen LogP contribution in [0.15, 0.2) is 6.07 Å². The first kappa shape index (κ1) is 10.6. The molecule has 0 amide bonds. The van der Waals surface area contributed by atoms with Gasteiger partial charge in [0.15, 0.2) is 0 Å². The molecule has 0 saturated carbocycles. The van der Waals surface area contributed by atoms with Gasteiger partial charge in [-0.25, -0.2) is 0 Å². The summed E-state index contributed by atoms with van der Waals surface area (Å²) < 4.78 is 5.08. The van der Waals surface area contributed by atoms with Crippen LogP contribution in [0.5, 0.6) is 5.75 Å². The summed E-state index contributed by atoms with van der Waals surface area (Å²) in [6.07, 6.45) is 0. The van der Waals surface area contributed by atoms with Crippen LogP contribution in [0.2, 0.25) is 0 Å². The fraction of sp³-hybridized carbons (Fsp3) is 0.364. The summed E-state index contributed by atoms with van der Waals surface area (Å²) in [5, 5.41) is 10.9. The monoisotopic (exact) mass is 193 g/mol.